The summed E-state index contributed by atoms with van der Waals surface area (Å²) in [6.07, 6.45) is 3.01. The van der Waals surface area contributed by atoms with Crippen LogP contribution < -0.4 is 10.5 Å². The summed E-state index contributed by atoms with van der Waals surface area (Å²) >= 11 is 6.90. The highest BCUT2D eigenvalue weighted by Crippen LogP contribution is 2.29. The number of benzene rings is 2. The fourth-order valence-electron chi connectivity index (χ4n) is 3.06. The molecule has 2 heterocycles. The minimum absolute atomic E-state index is 0.446. The van der Waals surface area contributed by atoms with Crippen LogP contribution in [0.4, 0.5) is 5.82 Å². The van der Waals surface area contributed by atoms with E-state index in [0.29, 0.717) is 19.0 Å². The van der Waals surface area contributed by atoms with Gasteiger partial charge in [-0.2, -0.15) is 5.10 Å². The molecule has 0 atom stereocenters. The Balaban J connectivity index is 1.66. The van der Waals surface area contributed by atoms with E-state index in [-0.39, 0.29) is 0 Å². The zero-order valence-electron chi connectivity index (χ0n) is 14.5. The van der Waals surface area contributed by atoms with E-state index in [4.69, 9.17) is 10.5 Å². The lowest BCUT2D eigenvalue weighted by molar-refractivity contribution is 0.318. The zero-order chi connectivity index (χ0) is 18.8. The number of nitrogens with two attached hydrogens (primary N) is 1. The van der Waals surface area contributed by atoms with Gasteiger partial charge in [-0.1, -0.05) is 50.1 Å². The van der Waals surface area contributed by atoms with Crippen molar-refractivity contribution in [3.05, 3.63) is 58.7 Å². The zero-order valence-corrected chi connectivity index (χ0v) is 17.7. The second-order valence-electron chi connectivity index (χ2n) is 6.29. The van der Waals surface area contributed by atoms with Crippen LogP contribution in [0.15, 0.2) is 53.1 Å². The minimum atomic E-state index is 0.446. The molecule has 0 saturated carbocycles. The Bertz CT molecular complexity index is 1110. The van der Waals surface area contributed by atoms with Gasteiger partial charge in [0.25, 0.3) is 0 Å². The predicted molar refractivity (Wildman–Crippen MR) is 117 cm³/mol. The Morgan fingerprint density at radius 2 is 2.00 bits per heavy atom. The van der Waals surface area contributed by atoms with E-state index < -0.39 is 0 Å². The number of nitrogens with zero attached hydrogens (tertiary/aromatic N) is 3. The van der Waals surface area contributed by atoms with E-state index in [2.05, 4.69) is 54.1 Å². The molecule has 0 aliphatic heterocycles. The summed E-state index contributed by atoms with van der Waals surface area (Å²) in [5.41, 5.74) is 8.86. The molecular weight excluding hydrogens is 472 g/mol. The monoisotopic (exact) mass is 488 g/mol. The highest BCUT2D eigenvalue weighted by atomic mass is 79.9. The number of aromatic nitrogens is 3. The summed E-state index contributed by atoms with van der Waals surface area (Å²) < 4.78 is 8.66. The Hall–Kier alpha value is -2.12. The Morgan fingerprint density at radius 1 is 1.11 bits per heavy atom. The standard InChI is InChI=1S/C20H18Br2N4O/c21-7-2-8-27-15-4-1-3-13(9-15)11-26-12-17-16-6-5-14(22)10-18(16)24-20(23)19(17)25-26/h1,3-6,9-10,12H,2,7-8,11H2,(H2,23,24). The maximum Gasteiger partial charge on any atom is 0.152 e. The molecule has 2 aromatic heterocycles. The molecule has 0 aliphatic carbocycles. The fraction of sp³-hybridized carbons (Fsp3) is 0.200. The lowest BCUT2D eigenvalue weighted by Gasteiger charge is -2.07. The van der Waals surface area contributed by atoms with Crippen molar-refractivity contribution < 1.29 is 4.74 Å². The second kappa shape index (κ2) is 7.86. The third-order valence-corrected chi connectivity index (χ3v) is 5.34. The molecule has 7 heteroatoms. The maximum atomic E-state index is 6.15. The van der Waals surface area contributed by atoms with Gasteiger partial charge in [-0.05, 0) is 36.2 Å². The van der Waals surface area contributed by atoms with Crippen LogP contribution in [0.1, 0.15) is 12.0 Å². The third-order valence-electron chi connectivity index (χ3n) is 4.28. The highest BCUT2D eigenvalue weighted by molar-refractivity contribution is 9.10. The van der Waals surface area contributed by atoms with Crippen molar-refractivity contribution in [3.63, 3.8) is 0 Å². The molecule has 5 nitrogen and oxygen atoms in total. The number of fused-ring (bicyclic) bond motifs is 3. The molecular formula is C20H18Br2N4O. The lowest BCUT2D eigenvalue weighted by Crippen LogP contribution is -2.02. The molecule has 4 aromatic rings. The topological polar surface area (TPSA) is 66.0 Å². The first kappa shape index (κ1) is 18.3. The highest BCUT2D eigenvalue weighted by Gasteiger charge is 2.11. The number of rotatable bonds is 6. The largest absolute Gasteiger partial charge is 0.494 e. The molecule has 27 heavy (non-hydrogen) atoms. The Morgan fingerprint density at radius 3 is 2.85 bits per heavy atom. The molecule has 4 rings (SSSR count). The van der Waals surface area contributed by atoms with Crippen LogP contribution in [0.5, 0.6) is 5.75 Å². The van der Waals surface area contributed by atoms with Gasteiger partial charge in [0.15, 0.2) is 5.82 Å². The molecule has 0 saturated heterocycles. The van der Waals surface area contributed by atoms with Gasteiger partial charge in [-0.3, -0.25) is 4.68 Å². The second-order valence-corrected chi connectivity index (χ2v) is 7.99. The summed E-state index contributed by atoms with van der Waals surface area (Å²) in [6.45, 7) is 1.34. The number of hydrogen-bond donors (Lipinski definition) is 1. The minimum Gasteiger partial charge on any atom is -0.494 e. The summed E-state index contributed by atoms with van der Waals surface area (Å²) in [5, 5.41) is 7.64. The molecule has 0 fully saturated rings. The number of hydrogen-bond acceptors (Lipinski definition) is 4. The van der Waals surface area contributed by atoms with Crippen LogP contribution in [0.2, 0.25) is 0 Å². The van der Waals surface area contributed by atoms with Gasteiger partial charge in [0, 0.05) is 26.8 Å². The van der Waals surface area contributed by atoms with Crippen LogP contribution in [-0.4, -0.2) is 26.7 Å². The van der Waals surface area contributed by atoms with E-state index in [9.17, 15) is 0 Å². The number of pyridine rings is 1. The molecule has 0 aliphatic rings. The van der Waals surface area contributed by atoms with Crippen molar-refractivity contribution in [2.75, 3.05) is 17.7 Å². The van der Waals surface area contributed by atoms with E-state index in [0.717, 1.165) is 49.3 Å². The van der Waals surface area contributed by atoms with Gasteiger partial charge in [0.05, 0.1) is 18.7 Å². The maximum absolute atomic E-state index is 6.15. The van der Waals surface area contributed by atoms with Crippen LogP contribution in [0.25, 0.3) is 21.8 Å². The SMILES string of the molecule is Nc1nc2cc(Br)ccc2c2cn(Cc3cccc(OCCCBr)c3)nc12. The lowest BCUT2D eigenvalue weighted by atomic mass is 10.1. The van der Waals surface area contributed by atoms with E-state index in [1.165, 1.54) is 0 Å². The van der Waals surface area contributed by atoms with Gasteiger partial charge < -0.3 is 10.5 Å². The number of anilines is 1. The first-order valence-corrected chi connectivity index (χ1v) is 10.5. The molecule has 2 N–H and O–H groups in total. The number of halogens is 2. The van der Waals surface area contributed by atoms with Crippen molar-refractivity contribution in [2.24, 2.45) is 0 Å². The van der Waals surface area contributed by atoms with Gasteiger partial charge in [0.2, 0.25) is 0 Å². The molecule has 0 spiro atoms. The average Bonchev–Trinajstić information content (AvgIpc) is 3.06. The van der Waals surface area contributed by atoms with Crippen LogP contribution >= 0.6 is 31.9 Å². The van der Waals surface area contributed by atoms with Crippen LogP contribution in [0, 0.1) is 0 Å². The summed E-state index contributed by atoms with van der Waals surface area (Å²) in [6, 6.07) is 14.1. The van der Waals surface area contributed by atoms with Crippen LogP contribution in [-0.2, 0) is 6.54 Å². The average molecular weight is 490 g/mol. The smallest absolute Gasteiger partial charge is 0.152 e. The summed E-state index contributed by atoms with van der Waals surface area (Å²) in [4.78, 5) is 4.49. The fourth-order valence-corrected chi connectivity index (χ4v) is 3.64. The van der Waals surface area contributed by atoms with Gasteiger partial charge in [0.1, 0.15) is 11.3 Å². The summed E-state index contributed by atoms with van der Waals surface area (Å²) in [7, 11) is 0. The molecule has 0 bridgehead atoms. The molecule has 0 unspecified atom stereocenters. The van der Waals surface area contributed by atoms with Gasteiger partial charge in [-0.25, -0.2) is 4.98 Å². The number of alkyl halides is 1. The van der Waals surface area contributed by atoms with E-state index >= 15 is 0 Å². The number of ether oxygens (including phenoxy) is 1. The first-order chi connectivity index (χ1) is 13.1. The third kappa shape index (κ3) is 3.94. The predicted octanol–water partition coefficient (Wildman–Crippen LogP) is 5.14. The molecule has 138 valence electrons. The van der Waals surface area contributed by atoms with Crippen molar-refractivity contribution in [1.29, 1.82) is 0 Å². The quantitative estimate of drug-likeness (QED) is 0.300. The van der Waals surface area contributed by atoms with E-state index in [1.807, 2.05) is 41.2 Å². The van der Waals surface area contributed by atoms with Crippen molar-refractivity contribution in [1.82, 2.24) is 14.8 Å². The normalized spacial score (nSPS) is 11.3. The van der Waals surface area contributed by atoms with Crippen LogP contribution in [0.3, 0.4) is 0 Å². The van der Waals surface area contributed by atoms with Crippen molar-refractivity contribution in [2.45, 2.75) is 13.0 Å². The Kier molecular flexibility index (Phi) is 5.31. The summed E-state index contributed by atoms with van der Waals surface area (Å²) in [5.74, 6) is 1.32. The van der Waals surface area contributed by atoms with Gasteiger partial charge >= 0.3 is 0 Å². The Labute approximate surface area is 173 Å². The van der Waals surface area contributed by atoms with Crippen molar-refractivity contribution in [3.8, 4) is 5.75 Å². The molecule has 0 amide bonds. The molecule has 2 aromatic carbocycles. The van der Waals surface area contributed by atoms with Gasteiger partial charge in [-0.15, -0.1) is 0 Å². The number of nitrogen functional groups attached to an aromatic ring is 1. The van der Waals surface area contributed by atoms with E-state index in [1.54, 1.807) is 0 Å². The van der Waals surface area contributed by atoms with Crippen molar-refractivity contribution >= 4 is 59.5 Å². The molecule has 0 radical (unpaired) electrons. The first-order valence-electron chi connectivity index (χ1n) is 8.63.